The van der Waals surface area contributed by atoms with Gasteiger partial charge in [-0.3, -0.25) is 0 Å². The first-order chi connectivity index (χ1) is 5.11. The predicted octanol–water partition coefficient (Wildman–Crippen LogP) is 2.90. The molecule has 2 N–H and O–H groups in total. The molecule has 1 nitrogen and oxygen atoms in total. The summed E-state index contributed by atoms with van der Waals surface area (Å²) in [5.74, 6) is -0.180. The van der Waals surface area contributed by atoms with E-state index in [2.05, 4.69) is 22.6 Å². The van der Waals surface area contributed by atoms with Crippen molar-refractivity contribution in [2.45, 2.75) is 10.8 Å². The first-order valence-electron chi connectivity index (χ1n) is 3.30. The van der Waals surface area contributed by atoms with E-state index in [-0.39, 0.29) is 9.74 Å². The molecule has 0 heterocycles. The molecule has 0 aliphatic carbocycles. The first kappa shape index (κ1) is 8.77. The molecule has 0 saturated heterocycles. The Balaban J connectivity index is 3.13. The molecule has 1 aromatic rings. The Morgan fingerprint density at radius 2 is 2.18 bits per heavy atom. The third-order valence-corrected chi connectivity index (χ3v) is 2.12. The van der Waals surface area contributed by atoms with Crippen LogP contribution in [0.1, 0.15) is 16.4 Å². The van der Waals surface area contributed by atoms with Crippen molar-refractivity contribution in [2.24, 2.45) is 0 Å². The lowest BCUT2D eigenvalue weighted by molar-refractivity contribution is 0.613. The maximum absolute atomic E-state index is 13.0. The summed E-state index contributed by atoms with van der Waals surface area (Å²) < 4.78 is 13.1. The average molecular weight is 265 g/mol. The fourth-order valence-electron chi connectivity index (χ4n) is 0.867. The third kappa shape index (κ3) is 2.05. The van der Waals surface area contributed by atoms with Crippen molar-refractivity contribution in [3.8, 4) is 0 Å². The second-order valence-corrected chi connectivity index (χ2v) is 4.27. The molecule has 0 fully saturated rings. The van der Waals surface area contributed by atoms with Crippen LogP contribution in [0.5, 0.6) is 0 Å². The van der Waals surface area contributed by atoms with Gasteiger partial charge >= 0.3 is 0 Å². The van der Waals surface area contributed by atoms with Gasteiger partial charge in [-0.15, -0.1) is 0 Å². The smallest absolute Gasteiger partial charge is 0.127 e. The van der Waals surface area contributed by atoms with Crippen LogP contribution in [-0.4, -0.2) is 0 Å². The van der Waals surface area contributed by atoms with Gasteiger partial charge in [0.05, 0.1) is 0 Å². The van der Waals surface area contributed by atoms with Crippen molar-refractivity contribution in [1.82, 2.24) is 0 Å². The predicted molar refractivity (Wildman–Crippen MR) is 53.2 cm³/mol. The van der Waals surface area contributed by atoms with Gasteiger partial charge in [0.25, 0.3) is 0 Å². The van der Waals surface area contributed by atoms with E-state index in [9.17, 15) is 4.39 Å². The summed E-state index contributed by atoms with van der Waals surface area (Å²) in [7, 11) is 0. The van der Waals surface area contributed by atoms with Crippen molar-refractivity contribution < 1.29 is 4.39 Å². The summed E-state index contributed by atoms with van der Waals surface area (Å²) in [6, 6.07) is 4.64. The summed E-state index contributed by atoms with van der Waals surface area (Å²) in [5, 5.41) is 0. The summed E-state index contributed by atoms with van der Waals surface area (Å²) in [4.78, 5) is 0. The molecule has 0 amide bonds. The van der Waals surface area contributed by atoms with Crippen LogP contribution in [0.25, 0.3) is 0 Å². The van der Waals surface area contributed by atoms with Crippen LogP contribution in [0.3, 0.4) is 0 Å². The van der Waals surface area contributed by atoms with Gasteiger partial charge in [-0.2, -0.15) is 0 Å². The molecular weight excluding hydrogens is 256 g/mol. The van der Waals surface area contributed by atoms with Crippen LogP contribution in [-0.2, 0) is 0 Å². The maximum Gasteiger partial charge on any atom is 0.127 e. The fourth-order valence-corrected chi connectivity index (χ4v) is 1.34. The molecule has 0 aliphatic rings. The summed E-state index contributed by atoms with van der Waals surface area (Å²) in [5.41, 5.74) is 6.78. The van der Waals surface area contributed by atoms with Crippen molar-refractivity contribution in [3.63, 3.8) is 0 Å². The van der Waals surface area contributed by atoms with Crippen LogP contribution in [0.4, 0.5) is 10.1 Å². The molecule has 1 aromatic carbocycles. The molecule has 0 spiro atoms. The van der Waals surface area contributed by atoms with Gasteiger partial charge in [0, 0.05) is 15.2 Å². The zero-order chi connectivity index (χ0) is 8.43. The van der Waals surface area contributed by atoms with E-state index in [0.29, 0.717) is 11.3 Å². The van der Waals surface area contributed by atoms with Gasteiger partial charge in [0.2, 0.25) is 0 Å². The molecule has 11 heavy (non-hydrogen) atoms. The van der Waals surface area contributed by atoms with E-state index < -0.39 is 0 Å². The zero-order valence-electron chi connectivity index (χ0n) is 6.14. The van der Waals surface area contributed by atoms with Crippen LogP contribution in [0, 0.1) is 5.82 Å². The summed E-state index contributed by atoms with van der Waals surface area (Å²) in [6.45, 7) is 1.93. The molecule has 0 unspecified atom stereocenters. The van der Waals surface area contributed by atoms with E-state index in [1.165, 1.54) is 6.07 Å². The van der Waals surface area contributed by atoms with Crippen LogP contribution in [0.2, 0.25) is 0 Å². The second-order valence-electron chi connectivity index (χ2n) is 2.40. The average Bonchev–Trinajstić information content (AvgIpc) is 1.94. The van der Waals surface area contributed by atoms with E-state index in [1.807, 2.05) is 6.92 Å². The number of halogens is 2. The van der Waals surface area contributed by atoms with E-state index in [0.717, 1.165) is 0 Å². The van der Waals surface area contributed by atoms with Crippen LogP contribution < -0.4 is 5.73 Å². The van der Waals surface area contributed by atoms with Crippen LogP contribution >= 0.6 is 22.6 Å². The second kappa shape index (κ2) is 3.38. The number of hydrogen-bond acceptors (Lipinski definition) is 1. The number of benzene rings is 1. The number of anilines is 1. The van der Waals surface area contributed by atoms with Crippen LogP contribution in [0.15, 0.2) is 18.2 Å². The molecule has 0 saturated carbocycles. The quantitative estimate of drug-likeness (QED) is 0.471. The Labute approximate surface area is 78.9 Å². The molecule has 3 heteroatoms. The lowest BCUT2D eigenvalue weighted by atomic mass is 10.1. The Hall–Kier alpha value is -0.320. The maximum atomic E-state index is 13.0. The largest absolute Gasteiger partial charge is 0.399 e. The van der Waals surface area contributed by atoms with Gasteiger partial charge in [-0.1, -0.05) is 22.6 Å². The Morgan fingerprint density at radius 1 is 1.55 bits per heavy atom. The zero-order valence-corrected chi connectivity index (χ0v) is 8.30. The first-order valence-corrected chi connectivity index (χ1v) is 4.55. The fraction of sp³-hybridized carbons (Fsp3) is 0.250. The van der Waals surface area contributed by atoms with E-state index >= 15 is 0 Å². The molecule has 0 aliphatic heterocycles. The van der Waals surface area contributed by atoms with Gasteiger partial charge < -0.3 is 5.73 Å². The molecule has 0 bridgehead atoms. The minimum atomic E-state index is -0.180. The van der Waals surface area contributed by atoms with Crippen molar-refractivity contribution in [3.05, 3.63) is 29.6 Å². The SMILES string of the molecule is C[C@H](I)c1cc(N)ccc1F. The van der Waals surface area contributed by atoms with Crippen molar-refractivity contribution in [1.29, 1.82) is 0 Å². The Bertz CT molecular complexity index is 260. The lowest BCUT2D eigenvalue weighted by Crippen LogP contribution is -1.93. The number of nitrogen functional groups attached to an aromatic ring is 1. The van der Waals surface area contributed by atoms with Crippen molar-refractivity contribution in [2.75, 3.05) is 5.73 Å². The standard InChI is InChI=1S/C8H9FIN/c1-5(10)7-4-6(11)2-3-8(7)9/h2-5H,11H2,1H3/t5-/m0/s1. The Morgan fingerprint density at radius 3 is 2.64 bits per heavy atom. The highest BCUT2D eigenvalue weighted by Crippen LogP contribution is 2.26. The third-order valence-electron chi connectivity index (χ3n) is 1.45. The normalized spacial score (nSPS) is 13.0. The van der Waals surface area contributed by atoms with E-state index in [1.54, 1.807) is 12.1 Å². The molecule has 1 rings (SSSR count). The molecule has 0 radical (unpaired) electrons. The minimum Gasteiger partial charge on any atom is -0.399 e. The van der Waals surface area contributed by atoms with Gasteiger partial charge in [-0.25, -0.2) is 4.39 Å². The summed E-state index contributed by atoms with van der Waals surface area (Å²) >= 11 is 2.16. The van der Waals surface area contributed by atoms with Gasteiger partial charge in [-0.05, 0) is 25.1 Å². The molecule has 0 aromatic heterocycles. The number of rotatable bonds is 1. The Kier molecular flexibility index (Phi) is 2.70. The number of alkyl halides is 1. The molecule has 60 valence electrons. The lowest BCUT2D eigenvalue weighted by Gasteiger charge is -2.05. The highest BCUT2D eigenvalue weighted by atomic mass is 127. The van der Waals surface area contributed by atoms with Crippen molar-refractivity contribution >= 4 is 28.3 Å². The molecule has 1 atom stereocenters. The molecular formula is C8H9FIN. The highest BCUT2D eigenvalue weighted by molar-refractivity contribution is 14.1. The number of nitrogens with two attached hydrogens (primary N) is 1. The van der Waals surface area contributed by atoms with Gasteiger partial charge in [0.1, 0.15) is 5.82 Å². The minimum absolute atomic E-state index is 0.163. The summed E-state index contributed by atoms with van der Waals surface area (Å²) in [6.07, 6.45) is 0. The number of hydrogen-bond donors (Lipinski definition) is 1. The highest BCUT2D eigenvalue weighted by Gasteiger charge is 2.06. The van der Waals surface area contributed by atoms with E-state index in [4.69, 9.17) is 5.73 Å². The topological polar surface area (TPSA) is 26.0 Å². The van der Waals surface area contributed by atoms with Gasteiger partial charge in [0.15, 0.2) is 0 Å². The monoisotopic (exact) mass is 265 g/mol.